The number of hydrogen-bond donors (Lipinski definition) is 1. The predicted molar refractivity (Wildman–Crippen MR) is 85.3 cm³/mol. The Morgan fingerprint density at radius 1 is 1.04 bits per heavy atom. The molecule has 1 saturated carbocycles. The van der Waals surface area contributed by atoms with Crippen LogP contribution in [0.4, 0.5) is 0 Å². The highest BCUT2D eigenvalue weighted by Crippen LogP contribution is 2.54. The average molecular weight is 331 g/mol. The van der Waals surface area contributed by atoms with Crippen LogP contribution in [0.25, 0.3) is 0 Å². The third-order valence-electron chi connectivity index (χ3n) is 4.58. The van der Waals surface area contributed by atoms with Gasteiger partial charge in [-0.05, 0) is 42.3 Å². The normalized spacial score (nSPS) is 25.3. The van der Waals surface area contributed by atoms with E-state index in [1.807, 2.05) is 24.3 Å². The molecule has 0 unspecified atom stereocenters. The van der Waals surface area contributed by atoms with Crippen molar-refractivity contribution in [2.24, 2.45) is 11.7 Å². The summed E-state index contributed by atoms with van der Waals surface area (Å²) in [5, 5.41) is -0.477. The first-order valence-electron chi connectivity index (χ1n) is 7.51. The van der Waals surface area contributed by atoms with Crippen molar-refractivity contribution in [2.45, 2.75) is 16.1 Å². The van der Waals surface area contributed by atoms with Crippen LogP contribution in [-0.2, 0) is 9.84 Å². The number of fused-ring (bicyclic) bond motifs is 1. The van der Waals surface area contributed by atoms with Crippen LogP contribution in [0.15, 0.2) is 53.4 Å². The summed E-state index contributed by atoms with van der Waals surface area (Å²) in [6.07, 6.45) is 0. The van der Waals surface area contributed by atoms with E-state index in [0.29, 0.717) is 22.9 Å². The molecule has 2 aliphatic rings. The summed E-state index contributed by atoms with van der Waals surface area (Å²) in [6, 6.07) is 14.2. The fraction of sp³-hybridized carbons (Fsp3) is 0.294. The number of sulfone groups is 1. The van der Waals surface area contributed by atoms with Crippen molar-refractivity contribution in [3.05, 3.63) is 54.1 Å². The SMILES string of the molecule is NC[C@@H]1[C@H](c2ccc3c(c2)OCO3)[C@H]1S(=O)(=O)c1ccccc1. The number of rotatable bonds is 4. The lowest BCUT2D eigenvalue weighted by Gasteiger charge is -2.05. The van der Waals surface area contributed by atoms with Crippen LogP contribution in [0.1, 0.15) is 11.5 Å². The van der Waals surface area contributed by atoms with Crippen molar-refractivity contribution < 1.29 is 17.9 Å². The lowest BCUT2D eigenvalue weighted by molar-refractivity contribution is 0.174. The molecule has 120 valence electrons. The maximum atomic E-state index is 12.9. The fourth-order valence-electron chi connectivity index (χ4n) is 3.37. The summed E-state index contributed by atoms with van der Waals surface area (Å²) >= 11 is 0. The molecule has 5 nitrogen and oxygen atoms in total. The maximum Gasteiger partial charge on any atom is 0.231 e. The molecule has 0 amide bonds. The van der Waals surface area contributed by atoms with E-state index in [9.17, 15) is 8.42 Å². The Hall–Kier alpha value is -2.05. The zero-order chi connectivity index (χ0) is 16.0. The molecule has 1 heterocycles. The summed E-state index contributed by atoms with van der Waals surface area (Å²) in [4.78, 5) is 0.353. The van der Waals surface area contributed by atoms with Crippen molar-refractivity contribution in [2.75, 3.05) is 13.3 Å². The largest absolute Gasteiger partial charge is 0.454 e. The Labute approximate surface area is 134 Å². The average Bonchev–Trinajstić information content (AvgIpc) is 3.15. The molecule has 2 N–H and O–H groups in total. The molecule has 4 rings (SSSR count). The zero-order valence-corrected chi connectivity index (χ0v) is 13.2. The highest BCUT2D eigenvalue weighted by Gasteiger charge is 2.58. The van der Waals surface area contributed by atoms with E-state index in [4.69, 9.17) is 15.2 Å². The summed E-state index contributed by atoms with van der Waals surface area (Å²) in [7, 11) is -3.39. The number of nitrogens with two attached hydrogens (primary N) is 1. The number of benzene rings is 2. The summed E-state index contributed by atoms with van der Waals surface area (Å²) in [5.74, 6) is 1.20. The van der Waals surface area contributed by atoms with Gasteiger partial charge in [0, 0.05) is 5.92 Å². The van der Waals surface area contributed by atoms with Gasteiger partial charge in [-0.15, -0.1) is 0 Å². The van der Waals surface area contributed by atoms with E-state index in [0.717, 1.165) is 5.56 Å². The molecule has 0 aromatic heterocycles. The van der Waals surface area contributed by atoms with E-state index < -0.39 is 15.1 Å². The van der Waals surface area contributed by atoms with Crippen molar-refractivity contribution in [1.29, 1.82) is 0 Å². The van der Waals surface area contributed by atoms with Gasteiger partial charge in [-0.2, -0.15) is 0 Å². The lowest BCUT2D eigenvalue weighted by atomic mass is 10.1. The topological polar surface area (TPSA) is 78.6 Å². The molecule has 1 aliphatic heterocycles. The third-order valence-corrected chi connectivity index (χ3v) is 6.87. The first-order valence-corrected chi connectivity index (χ1v) is 9.06. The van der Waals surface area contributed by atoms with Crippen LogP contribution in [0, 0.1) is 5.92 Å². The van der Waals surface area contributed by atoms with Gasteiger partial charge >= 0.3 is 0 Å². The Kier molecular flexibility index (Phi) is 3.32. The molecule has 1 fully saturated rings. The van der Waals surface area contributed by atoms with E-state index in [1.54, 1.807) is 24.3 Å². The molecule has 0 radical (unpaired) electrons. The minimum atomic E-state index is -3.39. The van der Waals surface area contributed by atoms with Crippen LogP contribution >= 0.6 is 0 Å². The van der Waals surface area contributed by atoms with Crippen molar-refractivity contribution in [1.82, 2.24) is 0 Å². The van der Waals surface area contributed by atoms with E-state index >= 15 is 0 Å². The van der Waals surface area contributed by atoms with E-state index in [2.05, 4.69) is 0 Å². The third kappa shape index (κ3) is 2.29. The van der Waals surface area contributed by atoms with Crippen LogP contribution in [0.5, 0.6) is 11.5 Å². The van der Waals surface area contributed by atoms with Gasteiger partial charge < -0.3 is 15.2 Å². The molecule has 0 spiro atoms. The van der Waals surface area contributed by atoms with Crippen LogP contribution in [0.3, 0.4) is 0 Å². The highest BCUT2D eigenvalue weighted by atomic mass is 32.2. The minimum absolute atomic E-state index is 0.0689. The van der Waals surface area contributed by atoms with Gasteiger partial charge in [-0.1, -0.05) is 24.3 Å². The number of ether oxygens (including phenoxy) is 2. The summed E-state index contributed by atoms with van der Waals surface area (Å²) < 4.78 is 36.4. The minimum Gasteiger partial charge on any atom is -0.454 e. The quantitative estimate of drug-likeness (QED) is 0.926. The molecule has 6 heteroatoms. The molecule has 2 aromatic carbocycles. The first kappa shape index (κ1) is 14.5. The second-order valence-corrected chi connectivity index (χ2v) is 7.97. The van der Waals surface area contributed by atoms with Crippen molar-refractivity contribution in [3.63, 3.8) is 0 Å². The van der Waals surface area contributed by atoms with E-state index in [-0.39, 0.29) is 18.6 Å². The van der Waals surface area contributed by atoms with Crippen LogP contribution < -0.4 is 15.2 Å². The van der Waals surface area contributed by atoms with Gasteiger partial charge in [0.2, 0.25) is 6.79 Å². The Morgan fingerprint density at radius 3 is 2.52 bits per heavy atom. The molecule has 0 saturated heterocycles. The Balaban J connectivity index is 1.68. The zero-order valence-electron chi connectivity index (χ0n) is 12.4. The van der Waals surface area contributed by atoms with Gasteiger partial charge in [-0.25, -0.2) is 8.42 Å². The Morgan fingerprint density at radius 2 is 1.78 bits per heavy atom. The molecular formula is C17H17NO4S. The van der Waals surface area contributed by atoms with Gasteiger partial charge in [0.1, 0.15) is 0 Å². The first-order chi connectivity index (χ1) is 11.1. The second kappa shape index (κ2) is 5.25. The smallest absolute Gasteiger partial charge is 0.231 e. The fourth-order valence-corrected chi connectivity index (χ4v) is 5.62. The molecular weight excluding hydrogens is 314 g/mol. The van der Waals surface area contributed by atoms with Crippen LogP contribution in [0.2, 0.25) is 0 Å². The van der Waals surface area contributed by atoms with Crippen LogP contribution in [-0.4, -0.2) is 27.0 Å². The summed E-state index contributed by atoms with van der Waals surface area (Å²) in [6.45, 7) is 0.547. The van der Waals surface area contributed by atoms with Gasteiger partial charge in [-0.3, -0.25) is 0 Å². The monoisotopic (exact) mass is 331 g/mol. The Bertz CT molecular complexity index is 835. The molecule has 0 bridgehead atoms. The second-order valence-electron chi connectivity index (χ2n) is 5.86. The van der Waals surface area contributed by atoms with Gasteiger partial charge in [0.25, 0.3) is 0 Å². The molecule has 1 aliphatic carbocycles. The summed E-state index contributed by atoms with van der Waals surface area (Å²) in [5.41, 5.74) is 6.76. The lowest BCUT2D eigenvalue weighted by Crippen LogP contribution is -2.13. The van der Waals surface area contributed by atoms with Gasteiger partial charge in [0.05, 0.1) is 10.1 Å². The maximum absolute atomic E-state index is 12.9. The van der Waals surface area contributed by atoms with E-state index in [1.165, 1.54) is 0 Å². The standard InChI is InChI=1S/C17H17NO4S/c18-9-13-16(11-6-7-14-15(8-11)22-10-21-14)17(13)23(19,20)12-4-2-1-3-5-12/h1-8,13,16-17H,9-10,18H2/t13-,16+,17+/m1/s1. The van der Waals surface area contributed by atoms with Crippen molar-refractivity contribution >= 4 is 9.84 Å². The molecule has 3 atom stereocenters. The highest BCUT2D eigenvalue weighted by molar-refractivity contribution is 7.92. The predicted octanol–water partition coefficient (Wildman–Crippen LogP) is 1.93. The van der Waals surface area contributed by atoms with Gasteiger partial charge in [0.15, 0.2) is 21.3 Å². The number of hydrogen-bond acceptors (Lipinski definition) is 5. The molecule has 2 aromatic rings. The van der Waals surface area contributed by atoms with Crippen molar-refractivity contribution in [3.8, 4) is 11.5 Å². The molecule has 23 heavy (non-hydrogen) atoms.